The lowest BCUT2D eigenvalue weighted by molar-refractivity contribution is -0.141. The Morgan fingerprint density at radius 1 is 1.40 bits per heavy atom. The van der Waals surface area contributed by atoms with Crippen molar-refractivity contribution in [2.24, 2.45) is 5.73 Å². The van der Waals surface area contributed by atoms with Crippen molar-refractivity contribution in [3.63, 3.8) is 0 Å². The zero-order valence-electron chi connectivity index (χ0n) is 13.6. The van der Waals surface area contributed by atoms with E-state index in [2.05, 4.69) is 5.10 Å². The lowest BCUT2D eigenvalue weighted by Crippen LogP contribution is -2.10. The molecule has 0 atom stereocenters. The van der Waals surface area contributed by atoms with Crippen LogP contribution in [0.4, 0.5) is 13.2 Å². The van der Waals surface area contributed by atoms with E-state index in [0.717, 1.165) is 28.3 Å². The standard InChI is InChI=1S/C17H15F3N4S/c1-10-5-12(7-13(8-21)16(22)25)11(2)14(6-10)9-24-4-3-15(23-24)17(18,19)20/h3-7H,9H2,1-2H3,(H2,22,25)/b13-7+. The molecule has 1 aromatic heterocycles. The van der Waals surface area contributed by atoms with E-state index in [4.69, 9.17) is 23.2 Å². The first-order valence-corrected chi connectivity index (χ1v) is 7.65. The predicted molar refractivity (Wildman–Crippen MR) is 92.6 cm³/mol. The Morgan fingerprint density at radius 2 is 2.08 bits per heavy atom. The molecule has 1 heterocycles. The number of thiocarbonyl (C=S) groups is 1. The van der Waals surface area contributed by atoms with Gasteiger partial charge in [-0.05, 0) is 42.7 Å². The van der Waals surface area contributed by atoms with Crippen LogP contribution in [-0.4, -0.2) is 14.8 Å². The number of nitrogens with two attached hydrogens (primary N) is 1. The third kappa shape index (κ3) is 4.45. The maximum atomic E-state index is 12.7. The largest absolute Gasteiger partial charge is 0.435 e. The smallest absolute Gasteiger partial charge is 0.389 e. The van der Waals surface area contributed by atoms with Gasteiger partial charge in [0.2, 0.25) is 0 Å². The van der Waals surface area contributed by atoms with E-state index < -0.39 is 11.9 Å². The predicted octanol–water partition coefficient (Wildman–Crippen LogP) is 3.76. The minimum absolute atomic E-state index is 0.00755. The molecule has 130 valence electrons. The summed E-state index contributed by atoms with van der Waals surface area (Å²) in [6.07, 6.45) is -1.60. The van der Waals surface area contributed by atoms with Crippen LogP contribution in [0.1, 0.15) is 27.9 Å². The molecule has 0 saturated heterocycles. The second-order valence-corrected chi connectivity index (χ2v) is 6.01. The molecule has 0 bridgehead atoms. The number of alkyl halides is 3. The summed E-state index contributed by atoms with van der Waals surface area (Å²) in [7, 11) is 0. The van der Waals surface area contributed by atoms with Crippen LogP contribution in [-0.2, 0) is 12.7 Å². The van der Waals surface area contributed by atoms with Crippen LogP contribution in [0.25, 0.3) is 6.08 Å². The van der Waals surface area contributed by atoms with Gasteiger partial charge >= 0.3 is 6.18 Å². The first kappa shape index (κ1) is 18.7. The molecular weight excluding hydrogens is 349 g/mol. The van der Waals surface area contributed by atoms with Gasteiger partial charge in [-0.3, -0.25) is 4.68 Å². The monoisotopic (exact) mass is 364 g/mol. The molecule has 0 spiro atoms. The molecule has 0 aliphatic carbocycles. The highest BCUT2D eigenvalue weighted by atomic mass is 32.1. The fraction of sp³-hybridized carbons (Fsp3) is 0.235. The highest BCUT2D eigenvalue weighted by Crippen LogP contribution is 2.27. The molecule has 1 aromatic carbocycles. The van der Waals surface area contributed by atoms with Crippen LogP contribution in [0.2, 0.25) is 0 Å². The van der Waals surface area contributed by atoms with E-state index in [9.17, 15) is 13.2 Å². The zero-order valence-corrected chi connectivity index (χ0v) is 14.4. The molecule has 2 rings (SSSR count). The van der Waals surface area contributed by atoms with E-state index in [1.807, 2.05) is 32.0 Å². The number of nitriles is 1. The number of aryl methyl sites for hydroxylation is 1. The minimum Gasteiger partial charge on any atom is -0.389 e. The first-order chi connectivity index (χ1) is 11.6. The fourth-order valence-corrected chi connectivity index (χ4v) is 2.47. The molecular formula is C17H15F3N4S. The van der Waals surface area contributed by atoms with Gasteiger partial charge in [0.25, 0.3) is 0 Å². The van der Waals surface area contributed by atoms with Crippen LogP contribution in [0.3, 0.4) is 0 Å². The van der Waals surface area contributed by atoms with Gasteiger partial charge < -0.3 is 5.73 Å². The number of rotatable bonds is 4. The van der Waals surface area contributed by atoms with Crippen molar-refractivity contribution < 1.29 is 13.2 Å². The van der Waals surface area contributed by atoms with Gasteiger partial charge in [-0.2, -0.15) is 23.5 Å². The number of hydrogen-bond donors (Lipinski definition) is 1. The van der Waals surface area contributed by atoms with E-state index >= 15 is 0 Å². The maximum absolute atomic E-state index is 12.7. The molecule has 4 nitrogen and oxygen atoms in total. The van der Waals surface area contributed by atoms with Crippen LogP contribution in [0.15, 0.2) is 30.0 Å². The van der Waals surface area contributed by atoms with Gasteiger partial charge in [-0.15, -0.1) is 0 Å². The maximum Gasteiger partial charge on any atom is 0.435 e. The van der Waals surface area contributed by atoms with Crippen molar-refractivity contribution in [1.29, 1.82) is 5.26 Å². The fourth-order valence-electron chi connectivity index (χ4n) is 2.37. The molecule has 25 heavy (non-hydrogen) atoms. The van der Waals surface area contributed by atoms with Crippen molar-refractivity contribution in [1.82, 2.24) is 9.78 Å². The van der Waals surface area contributed by atoms with Gasteiger partial charge in [-0.25, -0.2) is 0 Å². The van der Waals surface area contributed by atoms with Gasteiger partial charge in [0.05, 0.1) is 12.1 Å². The third-order valence-electron chi connectivity index (χ3n) is 3.65. The van der Waals surface area contributed by atoms with Crippen LogP contribution >= 0.6 is 12.2 Å². The molecule has 0 aliphatic heterocycles. The Kier molecular flexibility index (Phi) is 5.28. The van der Waals surface area contributed by atoms with Crippen molar-refractivity contribution in [3.8, 4) is 6.07 Å². The Hall–Kier alpha value is -2.66. The van der Waals surface area contributed by atoms with Gasteiger partial charge in [0.1, 0.15) is 11.1 Å². The van der Waals surface area contributed by atoms with Gasteiger partial charge in [0, 0.05) is 6.20 Å². The van der Waals surface area contributed by atoms with Crippen LogP contribution in [0, 0.1) is 25.2 Å². The Labute approximate surface area is 148 Å². The molecule has 0 fully saturated rings. The van der Waals surface area contributed by atoms with Crippen molar-refractivity contribution in [2.45, 2.75) is 26.6 Å². The summed E-state index contributed by atoms with van der Waals surface area (Å²) in [5, 5.41) is 12.7. The normalized spacial score (nSPS) is 12.1. The lowest BCUT2D eigenvalue weighted by Gasteiger charge is -2.12. The van der Waals surface area contributed by atoms with Crippen molar-refractivity contribution >= 4 is 23.3 Å². The van der Waals surface area contributed by atoms with E-state index in [-0.39, 0.29) is 17.1 Å². The molecule has 2 aromatic rings. The summed E-state index contributed by atoms with van der Waals surface area (Å²) in [6.45, 7) is 3.86. The van der Waals surface area contributed by atoms with Gasteiger partial charge in [-0.1, -0.05) is 29.9 Å². The molecule has 0 unspecified atom stereocenters. The van der Waals surface area contributed by atoms with E-state index in [0.29, 0.717) is 0 Å². The first-order valence-electron chi connectivity index (χ1n) is 7.24. The lowest BCUT2D eigenvalue weighted by atomic mass is 9.97. The van der Waals surface area contributed by atoms with Gasteiger partial charge in [0.15, 0.2) is 5.69 Å². The minimum atomic E-state index is -4.47. The second-order valence-electron chi connectivity index (χ2n) is 5.57. The zero-order chi connectivity index (χ0) is 18.8. The average Bonchev–Trinajstić information content (AvgIpc) is 2.97. The SMILES string of the molecule is Cc1cc(/C=C(\C#N)C(N)=S)c(C)c(Cn2ccc(C(F)(F)F)n2)c1. The highest BCUT2D eigenvalue weighted by Gasteiger charge is 2.33. The summed E-state index contributed by atoms with van der Waals surface area (Å²) in [6, 6.07) is 6.60. The molecule has 0 saturated carbocycles. The van der Waals surface area contributed by atoms with E-state index in [1.165, 1.54) is 10.9 Å². The Bertz CT molecular complexity index is 888. The summed E-state index contributed by atoms with van der Waals surface area (Å²) in [5.41, 5.74) is 8.00. The van der Waals surface area contributed by atoms with Crippen molar-refractivity contribution in [3.05, 3.63) is 57.9 Å². The molecule has 2 N–H and O–H groups in total. The molecule has 0 amide bonds. The quantitative estimate of drug-likeness (QED) is 0.510. The second kappa shape index (κ2) is 7.07. The summed E-state index contributed by atoms with van der Waals surface area (Å²) >= 11 is 4.83. The summed E-state index contributed by atoms with van der Waals surface area (Å²) < 4.78 is 39.2. The molecule has 8 heteroatoms. The number of nitrogens with zero attached hydrogens (tertiary/aromatic N) is 3. The average molecular weight is 364 g/mol. The topological polar surface area (TPSA) is 67.6 Å². The molecule has 0 radical (unpaired) electrons. The Balaban J connectivity index is 2.42. The van der Waals surface area contributed by atoms with Crippen LogP contribution in [0.5, 0.6) is 0 Å². The Morgan fingerprint density at radius 3 is 2.60 bits per heavy atom. The number of aromatic nitrogens is 2. The number of benzene rings is 1. The highest BCUT2D eigenvalue weighted by molar-refractivity contribution is 7.80. The van der Waals surface area contributed by atoms with E-state index in [1.54, 1.807) is 6.08 Å². The number of hydrogen-bond acceptors (Lipinski definition) is 3. The summed E-state index contributed by atoms with van der Waals surface area (Å²) in [5.74, 6) is 0. The number of halogens is 3. The third-order valence-corrected chi connectivity index (χ3v) is 3.87. The summed E-state index contributed by atoms with van der Waals surface area (Å²) in [4.78, 5) is -0.00755. The van der Waals surface area contributed by atoms with Crippen molar-refractivity contribution in [2.75, 3.05) is 0 Å². The molecule has 0 aliphatic rings. The van der Waals surface area contributed by atoms with Crippen LogP contribution < -0.4 is 5.73 Å².